The van der Waals surface area contributed by atoms with Crippen molar-refractivity contribution in [1.29, 1.82) is 0 Å². The number of allylic oxidation sites excluding steroid dienone is 6. The van der Waals surface area contributed by atoms with Gasteiger partial charge in [-0.1, -0.05) is 56.7 Å². The molecule has 1 N–H and O–H groups in total. The van der Waals surface area contributed by atoms with Gasteiger partial charge in [0, 0.05) is 6.42 Å². The number of carbonyl (C=O) groups is 1. The van der Waals surface area contributed by atoms with Crippen molar-refractivity contribution in [3.63, 3.8) is 0 Å². The number of unbranched alkanes of at least 4 members (excludes halogenated alkanes) is 3. The number of carboxylic acids is 1. The van der Waals surface area contributed by atoms with Crippen LogP contribution in [0.25, 0.3) is 0 Å². The Balaban J connectivity index is 3.34. The zero-order valence-corrected chi connectivity index (χ0v) is 13.1. The van der Waals surface area contributed by atoms with Crippen LogP contribution in [0.15, 0.2) is 36.5 Å². The molecule has 0 rings (SSSR count). The predicted octanol–water partition coefficient (Wildman–Crippen LogP) is 5.52. The van der Waals surface area contributed by atoms with Gasteiger partial charge >= 0.3 is 5.97 Å². The Morgan fingerprint density at radius 1 is 0.900 bits per heavy atom. The van der Waals surface area contributed by atoms with Gasteiger partial charge in [-0.3, -0.25) is 4.79 Å². The van der Waals surface area contributed by atoms with Crippen LogP contribution in [0.4, 0.5) is 0 Å². The highest BCUT2D eigenvalue weighted by Gasteiger charge is 1.94. The largest absolute Gasteiger partial charge is 0.481 e. The lowest BCUT2D eigenvalue weighted by Crippen LogP contribution is -1.93. The van der Waals surface area contributed by atoms with E-state index >= 15 is 0 Å². The molecule has 0 radical (unpaired) electrons. The molecule has 0 saturated heterocycles. The standard InChI is InChI=1S/C18H30O2/c1-17(2)15-13-11-9-7-5-3-4-6-8-10-12-14-16-18(19)20/h4-7,11,13,17H,3,8-10,12,14-16H2,1-2H3,(H,19,20)/b6-4-,7-5-,13-11-. The lowest BCUT2D eigenvalue weighted by Gasteiger charge is -1.95. The predicted molar refractivity (Wildman–Crippen MR) is 86.8 cm³/mol. The van der Waals surface area contributed by atoms with Gasteiger partial charge in [-0.2, -0.15) is 0 Å². The minimum atomic E-state index is -0.687. The highest BCUT2D eigenvalue weighted by molar-refractivity contribution is 5.66. The van der Waals surface area contributed by atoms with Crippen molar-refractivity contribution in [3.05, 3.63) is 36.5 Å². The van der Waals surface area contributed by atoms with Crippen molar-refractivity contribution in [2.45, 2.75) is 65.2 Å². The third-order valence-corrected chi connectivity index (χ3v) is 2.91. The van der Waals surface area contributed by atoms with E-state index in [1.165, 1.54) is 0 Å². The van der Waals surface area contributed by atoms with Gasteiger partial charge in [0.1, 0.15) is 0 Å². The van der Waals surface area contributed by atoms with E-state index in [1.54, 1.807) is 0 Å². The molecule has 0 atom stereocenters. The Morgan fingerprint density at radius 2 is 1.50 bits per heavy atom. The van der Waals surface area contributed by atoms with Gasteiger partial charge in [0.05, 0.1) is 0 Å². The summed E-state index contributed by atoms with van der Waals surface area (Å²) in [5.41, 5.74) is 0. The lowest BCUT2D eigenvalue weighted by atomic mass is 10.1. The number of carboxylic acid groups (broad SMARTS) is 1. The summed E-state index contributed by atoms with van der Waals surface area (Å²) in [6, 6.07) is 0. The van der Waals surface area contributed by atoms with Crippen LogP contribution in [0.1, 0.15) is 65.2 Å². The second kappa shape index (κ2) is 14.1. The van der Waals surface area contributed by atoms with E-state index in [-0.39, 0.29) is 0 Å². The van der Waals surface area contributed by atoms with Crippen LogP contribution in [0, 0.1) is 5.92 Å². The van der Waals surface area contributed by atoms with E-state index in [0.29, 0.717) is 6.42 Å². The third kappa shape index (κ3) is 16.7. The number of hydrogen-bond acceptors (Lipinski definition) is 1. The molecule has 0 aromatic heterocycles. The van der Waals surface area contributed by atoms with Crippen LogP contribution < -0.4 is 0 Å². The lowest BCUT2D eigenvalue weighted by molar-refractivity contribution is -0.137. The Hall–Kier alpha value is -1.31. The smallest absolute Gasteiger partial charge is 0.303 e. The van der Waals surface area contributed by atoms with Gasteiger partial charge in [0.2, 0.25) is 0 Å². The molecule has 0 saturated carbocycles. The number of aliphatic carboxylic acids is 1. The molecule has 0 bridgehead atoms. The maximum absolute atomic E-state index is 10.3. The first kappa shape index (κ1) is 18.7. The quantitative estimate of drug-likeness (QED) is 0.377. The Kier molecular flexibility index (Phi) is 13.2. The van der Waals surface area contributed by atoms with E-state index in [0.717, 1.165) is 50.9 Å². The first-order valence-electron chi connectivity index (χ1n) is 7.79. The fourth-order valence-electron chi connectivity index (χ4n) is 1.74. The molecule has 114 valence electrons. The van der Waals surface area contributed by atoms with E-state index < -0.39 is 5.97 Å². The second-order valence-electron chi connectivity index (χ2n) is 5.51. The Morgan fingerprint density at radius 3 is 2.10 bits per heavy atom. The van der Waals surface area contributed by atoms with E-state index in [4.69, 9.17) is 5.11 Å². The molecule has 0 amide bonds. The summed E-state index contributed by atoms with van der Waals surface area (Å²) in [5, 5.41) is 8.49. The van der Waals surface area contributed by atoms with Gasteiger partial charge in [0.25, 0.3) is 0 Å². The molecule has 0 spiro atoms. The molecular weight excluding hydrogens is 248 g/mol. The van der Waals surface area contributed by atoms with Crippen LogP contribution in [0.3, 0.4) is 0 Å². The molecule has 0 aliphatic heterocycles. The topological polar surface area (TPSA) is 37.3 Å². The molecule has 20 heavy (non-hydrogen) atoms. The molecule has 0 unspecified atom stereocenters. The molecule has 0 fully saturated rings. The average molecular weight is 278 g/mol. The van der Waals surface area contributed by atoms with Crippen LogP contribution in [0.5, 0.6) is 0 Å². The van der Waals surface area contributed by atoms with E-state index in [2.05, 4.69) is 50.3 Å². The summed E-state index contributed by atoms with van der Waals surface area (Å²) in [6.45, 7) is 4.46. The van der Waals surface area contributed by atoms with E-state index in [9.17, 15) is 4.79 Å². The number of rotatable bonds is 12. The maximum atomic E-state index is 10.3. The summed E-state index contributed by atoms with van der Waals surface area (Å²) in [7, 11) is 0. The maximum Gasteiger partial charge on any atom is 0.303 e. The zero-order chi connectivity index (χ0) is 15.1. The Bertz CT molecular complexity index is 311. The van der Waals surface area contributed by atoms with Crippen LogP contribution in [-0.2, 0) is 4.79 Å². The second-order valence-corrected chi connectivity index (χ2v) is 5.51. The van der Waals surface area contributed by atoms with Gasteiger partial charge in [-0.05, 0) is 44.4 Å². The van der Waals surface area contributed by atoms with Crippen molar-refractivity contribution < 1.29 is 9.90 Å². The molecule has 2 nitrogen and oxygen atoms in total. The first-order valence-corrected chi connectivity index (χ1v) is 7.79. The summed E-state index contributed by atoms with van der Waals surface area (Å²) >= 11 is 0. The Labute approximate surface area is 124 Å². The molecule has 0 heterocycles. The average Bonchev–Trinajstić information content (AvgIpc) is 2.38. The van der Waals surface area contributed by atoms with Gasteiger partial charge in [0.15, 0.2) is 0 Å². The fourth-order valence-corrected chi connectivity index (χ4v) is 1.74. The minimum absolute atomic E-state index is 0.302. The monoisotopic (exact) mass is 278 g/mol. The van der Waals surface area contributed by atoms with Crippen LogP contribution in [-0.4, -0.2) is 11.1 Å². The summed E-state index contributed by atoms with van der Waals surface area (Å²) in [5.74, 6) is 0.0572. The molecular formula is C18H30O2. The number of hydrogen-bond donors (Lipinski definition) is 1. The van der Waals surface area contributed by atoms with Crippen molar-refractivity contribution >= 4 is 5.97 Å². The SMILES string of the molecule is CC(C)C/C=C\C/C=C\C/C=C\CCCCCC(=O)O. The van der Waals surface area contributed by atoms with Gasteiger partial charge in [-0.15, -0.1) is 0 Å². The molecule has 0 aliphatic carbocycles. The molecule has 0 aromatic rings. The van der Waals surface area contributed by atoms with Gasteiger partial charge in [-0.25, -0.2) is 0 Å². The summed E-state index contributed by atoms with van der Waals surface area (Å²) < 4.78 is 0. The summed E-state index contributed by atoms with van der Waals surface area (Å²) in [4.78, 5) is 10.3. The molecule has 0 aliphatic rings. The first-order chi connectivity index (χ1) is 9.63. The van der Waals surface area contributed by atoms with Crippen LogP contribution >= 0.6 is 0 Å². The van der Waals surface area contributed by atoms with E-state index in [1.807, 2.05) is 0 Å². The summed E-state index contributed by atoms with van der Waals surface area (Å²) in [6.07, 6.45) is 20.7. The zero-order valence-electron chi connectivity index (χ0n) is 13.1. The van der Waals surface area contributed by atoms with Gasteiger partial charge < -0.3 is 5.11 Å². The highest BCUT2D eigenvalue weighted by Crippen LogP contribution is 2.04. The molecule has 0 aromatic carbocycles. The van der Waals surface area contributed by atoms with Crippen molar-refractivity contribution in [3.8, 4) is 0 Å². The minimum Gasteiger partial charge on any atom is -0.481 e. The fraction of sp³-hybridized carbons (Fsp3) is 0.611. The van der Waals surface area contributed by atoms with Crippen LogP contribution in [0.2, 0.25) is 0 Å². The third-order valence-electron chi connectivity index (χ3n) is 2.91. The van der Waals surface area contributed by atoms with Crippen molar-refractivity contribution in [2.75, 3.05) is 0 Å². The van der Waals surface area contributed by atoms with Crippen molar-refractivity contribution in [2.24, 2.45) is 5.92 Å². The van der Waals surface area contributed by atoms with Crippen molar-refractivity contribution in [1.82, 2.24) is 0 Å². The normalized spacial score (nSPS) is 12.3. The highest BCUT2D eigenvalue weighted by atomic mass is 16.4. The molecule has 2 heteroatoms.